The molecule has 4 nitrogen and oxygen atoms in total. The van der Waals surface area contributed by atoms with Gasteiger partial charge in [-0.05, 0) is 30.7 Å². The molecular weight excluding hydrogens is 293 g/mol. The van der Waals surface area contributed by atoms with Gasteiger partial charge in [0.15, 0.2) is 0 Å². The van der Waals surface area contributed by atoms with Crippen molar-refractivity contribution in [3.05, 3.63) is 59.9 Å². The van der Waals surface area contributed by atoms with E-state index in [4.69, 9.17) is 4.74 Å². The predicted octanol–water partition coefficient (Wildman–Crippen LogP) is 3.66. The number of rotatable bonds is 3. The Morgan fingerprint density at radius 2 is 1.91 bits per heavy atom. The number of halogens is 1. The molecule has 3 aromatic rings. The maximum Gasteiger partial charge on any atom is 0.144 e. The van der Waals surface area contributed by atoms with E-state index in [0.717, 1.165) is 35.8 Å². The molecule has 1 aliphatic heterocycles. The lowest BCUT2D eigenvalue weighted by Gasteiger charge is -2.10. The largest absolute Gasteiger partial charge is 0.494 e. The molecule has 0 atom stereocenters. The van der Waals surface area contributed by atoms with Crippen LogP contribution in [0.25, 0.3) is 16.9 Å². The third kappa shape index (κ3) is 2.16. The molecule has 0 saturated carbocycles. The van der Waals surface area contributed by atoms with Gasteiger partial charge < -0.3 is 10.1 Å². The number of ether oxygens (including phenoxy) is 1. The first kappa shape index (κ1) is 13.8. The van der Waals surface area contributed by atoms with Crippen molar-refractivity contribution in [2.75, 3.05) is 19.0 Å². The first-order valence-corrected chi connectivity index (χ1v) is 7.53. The van der Waals surface area contributed by atoms with Crippen LogP contribution in [0.1, 0.15) is 5.56 Å². The van der Waals surface area contributed by atoms with Crippen molar-refractivity contribution in [1.82, 2.24) is 9.78 Å². The van der Waals surface area contributed by atoms with E-state index >= 15 is 0 Å². The van der Waals surface area contributed by atoms with E-state index in [9.17, 15) is 4.39 Å². The highest BCUT2D eigenvalue weighted by molar-refractivity contribution is 5.73. The van der Waals surface area contributed by atoms with Crippen LogP contribution < -0.4 is 10.1 Å². The van der Waals surface area contributed by atoms with Crippen molar-refractivity contribution in [3.63, 3.8) is 0 Å². The second kappa shape index (κ2) is 5.43. The molecule has 0 aliphatic carbocycles. The molecule has 0 spiro atoms. The van der Waals surface area contributed by atoms with Gasteiger partial charge in [-0.25, -0.2) is 9.07 Å². The summed E-state index contributed by atoms with van der Waals surface area (Å²) in [6, 6.07) is 14.4. The fourth-order valence-corrected chi connectivity index (χ4v) is 3.02. The summed E-state index contributed by atoms with van der Waals surface area (Å²) in [4.78, 5) is 0. The van der Waals surface area contributed by atoms with E-state index in [0.29, 0.717) is 11.3 Å². The van der Waals surface area contributed by atoms with E-state index in [1.807, 2.05) is 35.0 Å². The van der Waals surface area contributed by atoms with E-state index < -0.39 is 0 Å². The number of hydrogen-bond donors (Lipinski definition) is 1. The maximum absolute atomic E-state index is 14.2. The first-order valence-electron chi connectivity index (χ1n) is 7.53. The lowest BCUT2D eigenvalue weighted by Crippen LogP contribution is -2.05. The third-order valence-electron chi connectivity index (χ3n) is 4.09. The monoisotopic (exact) mass is 309 g/mol. The van der Waals surface area contributed by atoms with Crippen molar-refractivity contribution in [1.29, 1.82) is 0 Å². The Kier molecular flexibility index (Phi) is 3.26. The molecule has 2 heterocycles. The van der Waals surface area contributed by atoms with E-state index in [2.05, 4.69) is 10.4 Å². The Bertz CT molecular complexity index is 872. The standard InChI is InChI=1S/C18H16FN3O/c1-23-16-9-5-4-8-15(16)22-18-13(10-11-20-18)17(21-22)12-6-2-3-7-14(12)19/h2-9,20H,10-11H2,1H3. The van der Waals surface area contributed by atoms with E-state index in [1.165, 1.54) is 6.07 Å². The number of benzene rings is 2. The van der Waals surface area contributed by atoms with Crippen LogP contribution in [0.15, 0.2) is 48.5 Å². The molecule has 0 bridgehead atoms. The number of aromatic nitrogens is 2. The Labute approximate surface area is 133 Å². The van der Waals surface area contributed by atoms with Gasteiger partial charge in [0.25, 0.3) is 0 Å². The SMILES string of the molecule is COc1ccccc1-n1nc(-c2ccccc2F)c2c1NCC2. The fourth-order valence-electron chi connectivity index (χ4n) is 3.02. The molecule has 0 fully saturated rings. The third-order valence-corrected chi connectivity index (χ3v) is 4.09. The van der Waals surface area contributed by atoms with Gasteiger partial charge in [0.05, 0.1) is 7.11 Å². The summed E-state index contributed by atoms with van der Waals surface area (Å²) in [5.41, 5.74) is 3.10. The molecule has 2 aromatic carbocycles. The maximum atomic E-state index is 14.2. The molecule has 0 saturated heterocycles. The molecule has 1 N–H and O–H groups in total. The van der Waals surface area contributed by atoms with E-state index in [-0.39, 0.29) is 5.82 Å². The van der Waals surface area contributed by atoms with Gasteiger partial charge in [-0.2, -0.15) is 5.10 Å². The highest BCUT2D eigenvalue weighted by atomic mass is 19.1. The zero-order valence-corrected chi connectivity index (χ0v) is 12.7. The zero-order chi connectivity index (χ0) is 15.8. The van der Waals surface area contributed by atoms with Gasteiger partial charge in [-0.15, -0.1) is 0 Å². The summed E-state index contributed by atoms with van der Waals surface area (Å²) in [5.74, 6) is 1.38. The minimum absolute atomic E-state index is 0.258. The van der Waals surface area contributed by atoms with Gasteiger partial charge in [-0.3, -0.25) is 0 Å². The minimum atomic E-state index is -0.258. The molecule has 1 aromatic heterocycles. The molecular formula is C18H16FN3O. The highest BCUT2D eigenvalue weighted by Gasteiger charge is 2.26. The van der Waals surface area contributed by atoms with Crippen LogP contribution in [-0.2, 0) is 6.42 Å². The Morgan fingerprint density at radius 3 is 2.74 bits per heavy atom. The normalized spacial score (nSPS) is 12.8. The van der Waals surface area contributed by atoms with Crippen LogP contribution in [0.3, 0.4) is 0 Å². The fraction of sp³-hybridized carbons (Fsp3) is 0.167. The topological polar surface area (TPSA) is 39.1 Å². The summed E-state index contributed by atoms with van der Waals surface area (Å²) in [5, 5.41) is 8.03. The van der Waals surface area contributed by atoms with Gasteiger partial charge in [0, 0.05) is 17.7 Å². The van der Waals surface area contributed by atoms with Crippen molar-refractivity contribution < 1.29 is 9.13 Å². The van der Waals surface area contributed by atoms with Gasteiger partial charge >= 0.3 is 0 Å². The van der Waals surface area contributed by atoms with Crippen LogP contribution in [0.4, 0.5) is 10.2 Å². The number of fused-ring (bicyclic) bond motifs is 1. The van der Waals surface area contributed by atoms with Crippen LogP contribution in [0.5, 0.6) is 5.75 Å². The average Bonchev–Trinajstić information content (AvgIpc) is 3.18. The lowest BCUT2D eigenvalue weighted by atomic mass is 10.1. The van der Waals surface area contributed by atoms with E-state index in [1.54, 1.807) is 19.2 Å². The summed E-state index contributed by atoms with van der Waals surface area (Å²) in [7, 11) is 1.63. The molecule has 116 valence electrons. The van der Waals surface area contributed by atoms with Crippen LogP contribution in [0.2, 0.25) is 0 Å². The number of methoxy groups -OCH3 is 1. The zero-order valence-electron chi connectivity index (χ0n) is 12.7. The van der Waals surface area contributed by atoms with Crippen molar-refractivity contribution in [3.8, 4) is 22.7 Å². The predicted molar refractivity (Wildman–Crippen MR) is 87.7 cm³/mol. The molecule has 4 rings (SSSR count). The number of hydrogen-bond acceptors (Lipinski definition) is 3. The Morgan fingerprint density at radius 1 is 1.13 bits per heavy atom. The second-order valence-electron chi connectivity index (χ2n) is 5.42. The molecule has 23 heavy (non-hydrogen) atoms. The van der Waals surface area contributed by atoms with Crippen molar-refractivity contribution >= 4 is 5.82 Å². The number of nitrogens with one attached hydrogen (secondary N) is 1. The summed E-state index contributed by atoms with van der Waals surface area (Å²) < 4.78 is 21.5. The summed E-state index contributed by atoms with van der Waals surface area (Å²) in [6.07, 6.45) is 0.828. The Balaban J connectivity index is 1.94. The van der Waals surface area contributed by atoms with Crippen LogP contribution >= 0.6 is 0 Å². The Hall–Kier alpha value is -2.82. The van der Waals surface area contributed by atoms with Crippen molar-refractivity contribution in [2.45, 2.75) is 6.42 Å². The molecule has 5 heteroatoms. The lowest BCUT2D eigenvalue weighted by molar-refractivity contribution is 0.412. The molecule has 1 aliphatic rings. The minimum Gasteiger partial charge on any atom is -0.494 e. The first-order chi connectivity index (χ1) is 11.3. The molecule has 0 radical (unpaired) electrons. The summed E-state index contributed by atoms with van der Waals surface area (Å²) >= 11 is 0. The van der Waals surface area contributed by atoms with Crippen LogP contribution in [0, 0.1) is 5.82 Å². The quantitative estimate of drug-likeness (QED) is 0.802. The number of para-hydroxylation sites is 2. The number of anilines is 1. The van der Waals surface area contributed by atoms with Gasteiger partial charge in [0.2, 0.25) is 0 Å². The average molecular weight is 309 g/mol. The van der Waals surface area contributed by atoms with Gasteiger partial charge in [0.1, 0.15) is 28.8 Å². The molecule has 0 amide bonds. The smallest absolute Gasteiger partial charge is 0.144 e. The molecule has 0 unspecified atom stereocenters. The summed E-state index contributed by atoms with van der Waals surface area (Å²) in [6.45, 7) is 0.823. The van der Waals surface area contributed by atoms with Crippen LogP contribution in [-0.4, -0.2) is 23.4 Å². The second-order valence-corrected chi connectivity index (χ2v) is 5.42. The van der Waals surface area contributed by atoms with Gasteiger partial charge in [-0.1, -0.05) is 24.3 Å². The van der Waals surface area contributed by atoms with Crippen molar-refractivity contribution in [2.24, 2.45) is 0 Å². The highest BCUT2D eigenvalue weighted by Crippen LogP contribution is 2.37. The number of nitrogens with zero attached hydrogens (tertiary/aromatic N) is 2.